The Kier molecular flexibility index (Phi) is 6.80. The standard InChI is InChI=1S/C23H27N3O4S/c1-4-16-5-7-17(8-6-16)26-31(29,30)18-9-10-21-19(13-18)22(27)20(14-25-21)23(28)24-12-11-15(2)3/h5-10,13-15,26H,4,11-12H2,1-3H3,(H,24,28)(H,25,27). The van der Waals surface area contributed by atoms with Gasteiger partial charge in [0.25, 0.3) is 15.9 Å². The minimum absolute atomic E-state index is 0.0473. The van der Waals surface area contributed by atoms with Crippen molar-refractivity contribution in [3.63, 3.8) is 0 Å². The van der Waals surface area contributed by atoms with E-state index in [1.54, 1.807) is 12.1 Å². The van der Waals surface area contributed by atoms with Gasteiger partial charge in [-0.1, -0.05) is 32.9 Å². The molecule has 3 N–H and O–H groups in total. The highest BCUT2D eigenvalue weighted by molar-refractivity contribution is 7.92. The highest BCUT2D eigenvalue weighted by Crippen LogP contribution is 2.20. The van der Waals surface area contributed by atoms with E-state index < -0.39 is 21.4 Å². The molecule has 0 saturated heterocycles. The molecule has 0 unspecified atom stereocenters. The molecule has 0 saturated carbocycles. The van der Waals surface area contributed by atoms with Crippen molar-refractivity contribution >= 4 is 32.5 Å². The number of anilines is 1. The van der Waals surface area contributed by atoms with Crippen LogP contribution in [0.3, 0.4) is 0 Å². The fourth-order valence-corrected chi connectivity index (χ4v) is 4.21. The van der Waals surface area contributed by atoms with Crippen LogP contribution in [0.15, 0.2) is 58.4 Å². The predicted molar refractivity (Wildman–Crippen MR) is 123 cm³/mol. The SMILES string of the molecule is CCc1ccc(NS(=O)(=O)c2ccc3[nH]cc(C(=O)NCCC(C)C)c(=O)c3c2)cc1. The second-order valence-electron chi connectivity index (χ2n) is 7.83. The number of amides is 1. The molecule has 2 aromatic carbocycles. The van der Waals surface area contributed by atoms with E-state index in [0.29, 0.717) is 23.7 Å². The van der Waals surface area contributed by atoms with Crippen LogP contribution in [-0.4, -0.2) is 25.9 Å². The lowest BCUT2D eigenvalue weighted by atomic mass is 10.1. The summed E-state index contributed by atoms with van der Waals surface area (Å²) in [6.07, 6.45) is 3.01. The Hall–Kier alpha value is -3.13. The number of benzene rings is 2. The predicted octanol–water partition coefficient (Wildman–Crippen LogP) is 3.67. The Labute approximate surface area is 181 Å². The first-order chi connectivity index (χ1) is 14.7. The van der Waals surface area contributed by atoms with Crippen molar-refractivity contribution in [1.29, 1.82) is 0 Å². The zero-order valence-electron chi connectivity index (χ0n) is 17.9. The average molecular weight is 442 g/mol. The van der Waals surface area contributed by atoms with E-state index in [4.69, 9.17) is 0 Å². The second kappa shape index (κ2) is 9.34. The van der Waals surface area contributed by atoms with Crippen molar-refractivity contribution in [1.82, 2.24) is 10.3 Å². The smallest absolute Gasteiger partial charge is 0.261 e. The minimum atomic E-state index is -3.90. The van der Waals surface area contributed by atoms with Crippen molar-refractivity contribution in [2.24, 2.45) is 5.92 Å². The third kappa shape index (κ3) is 5.32. The Morgan fingerprint density at radius 3 is 2.45 bits per heavy atom. The maximum absolute atomic E-state index is 12.9. The van der Waals surface area contributed by atoms with Gasteiger partial charge in [0.1, 0.15) is 5.56 Å². The number of H-pyrrole nitrogens is 1. The molecular formula is C23H27N3O4S. The molecule has 7 nitrogen and oxygen atoms in total. The molecule has 0 bridgehead atoms. The second-order valence-corrected chi connectivity index (χ2v) is 9.52. The van der Waals surface area contributed by atoms with Crippen molar-refractivity contribution in [2.75, 3.05) is 11.3 Å². The van der Waals surface area contributed by atoms with Crippen LogP contribution < -0.4 is 15.5 Å². The maximum atomic E-state index is 12.9. The summed E-state index contributed by atoms with van der Waals surface area (Å²) in [6.45, 7) is 6.57. The summed E-state index contributed by atoms with van der Waals surface area (Å²) in [4.78, 5) is 28.1. The van der Waals surface area contributed by atoms with Crippen molar-refractivity contribution in [3.8, 4) is 0 Å². The molecule has 31 heavy (non-hydrogen) atoms. The molecule has 164 valence electrons. The van der Waals surface area contributed by atoms with Gasteiger partial charge in [0.05, 0.1) is 4.90 Å². The van der Waals surface area contributed by atoms with Gasteiger partial charge in [-0.05, 0) is 54.7 Å². The molecule has 3 aromatic rings. The van der Waals surface area contributed by atoms with Crippen LogP contribution in [0.5, 0.6) is 0 Å². The van der Waals surface area contributed by atoms with E-state index in [1.807, 2.05) is 32.9 Å². The lowest BCUT2D eigenvalue weighted by molar-refractivity contribution is 0.0951. The fourth-order valence-electron chi connectivity index (χ4n) is 3.13. The normalized spacial score (nSPS) is 11.6. The van der Waals surface area contributed by atoms with E-state index in [0.717, 1.165) is 18.4 Å². The fraction of sp³-hybridized carbons (Fsp3) is 0.304. The number of carbonyl (C=O) groups is 1. The summed E-state index contributed by atoms with van der Waals surface area (Å²) >= 11 is 0. The van der Waals surface area contributed by atoms with Crippen molar-refractivity contribution in [3.05, 3.63) is 70.0 Å². The summed E-state index contributed by atoms with van der Waals surface area (Å²) in [5.41, 5.74) is 1.42. The topological polar surface area (TPSA) is 108 Å². The largest absolute Gasteiger partial charge is 0.360 e. The molecule has 0 aliphatic rings. The van der Waals surface area contributed by atoms with Gasteiger partial charge < -0.3 is 10.3 Å². The molecule has 0 atom stereocenters. The van der Waals surface area contributed by atoms with E-state index in [9.17, 15) is 18.0 Å². The molecule has 0 fully saturated rings. The molecule has 1 heterocycles. The number of aromatic amines is 1. The van der Waals surface area contributed by atoms with Crippen LogP contribution >= 0.6 is 0 Å². The van der Waals surface area contributed by atoms with Gasteiger partial charge in [-0.2, -0.15) is 0 Å². The summed E-state index contributed by atoms with van der Waals surface area (Å²) < 4.78 is 28.2. The molecule has 3 rings (SSSR count). The molecule has 0 aliphatic carbocycles. The van der Waals surface area contributed by atoms with Gasteiger partial charge in [0, 0.05) is 29.3 Å². The van der Waals surface area contributed by atoms with Crippen LogP contribution in [0.1, 0.15) is 43.1 Å². The third-order valence-electron chi connectivity index (χ3n) is 5.03. The summed E-state index contributed by atoms with van der Waals surface area (Å²) in [5.74, 6) is -0.0557. The number of sulfonamides is 1. The van der Waals surface area contributed by atoms with Crippen molar-refractivity contribution in [2.45, 2.75) is 38.5 Å². The highest BCUT2D eigenvalue weighted by atomic mass is 32.2. The number of hydrogen-bond acceptors (Lipinski definition) is 4. The highest BCUT2D eigenvalue weighted by Gasteiger charge is 2.18. The molecule has 0 spiro atoms. The van der Waals surface area contributed by atoms with Gasteiger partial charge in [0.2, 0.25) is 5.43 Å². The quantitative estimate of drug-likeness (QED) is 0.496. The number of aromatic nitrogens is 1. The lowest BCUT2D eigenvalue weighted by Crippen LogP contribution is -2.30. The zero-order valence-corrected chi connectivity index (χ0v) is 18.7. The van der Waals surface area contributed by atoms with Crippen LogP contribution in [0.2, 0.25) is 0 Å². The number of rotatable bonds is 8. The summed E-state index contributed by atoms with van der Waals surface area (Å²) in [5, 5.41) is 2.87. The van der Waals surface area contributed by atoms with Crippen LogP contribution in [0.4, 0.5) is 5.69 Å². The number of carbonyl (C=O) groups excluding carboxylic acids is 1. The zero-order chi connectivity index (χ0) is 22.6. The third-order valence-corrected chi connectivity index (χ3v) is 6.41. The monoisotopic (exact) mass is 441 g/mol. The molecule has 8 heteroatoms. The van der Waals surface area contributed by atoms with Crippen LogP contribution in [0, 0.1) is 5.92 Å². The Bertz CT molecular complexity index is 1250. The van der Waals surface area contributed by atoms with E-state index >= 15 is 0 Å². The molecule has 0 aliphatic heterocycles. The summed E-state index contributed by atoms with van der Waals surface area (Å²) in [7, 11) is -3.90. The number of pyridine rings is 1. The Morgan fingerprint density at radius 1 is 1.10 bits per heavy atom. The van der Waals surface area contributed by atoms with Gasteiger partial charge in [0.15, 0.2) is 0 Å². The van der Waals surface area contributed by atoms with E-state index in [-0.39, 0.29) is 15.8 Å². The molecule has 1 aromatic heterocycles. The number of aryl methyl sites for hydroxylation is 1. The number of nitrogens with one attached hydrogen (secondary N) is 3. The van der Waals surface area contributed by atoms with Crippen molar-refractivity contribution < 1.29 is 13.2 Å². The van der Waals surface area contributed by atoms with E-state index in [1.165, 1.54) is 24.4 Å². The van der Waals surface area contributed by atoms with Gasteiger partial charge >= 0.3 is 0 Å². The summed E-state index contributed by atoms with van der Waals surface area (Å²) in [6, 6.07) is 11.3. The van der Waals surface area contributed by atoms with Gasteiger partial charge in [-0.3, -0.25) is 14.3 Å². The molecule has 0 radical (unpaired) electrons. The number of hydrogen-bond donors (Lipinski definition) is 3. The first-order valence-corrected chi connectivity index (χ1v) is 11.7. The van der Waals surface area contributed by atoms with Gasteiger partial charge in [-0.15, -0.1) is 0 Å². The van der Waals surface area contributed by atoms with E-state index in [2.05, 4.69) is 15.0 Å². The average Bonchev–Trinajstić information content (AvgIpc) is 2.73. The van der Waals surface area contributed by atoms with Crippen LogP contribution in [-0.2, 0) is 16.4 Å². The Balaban J connectivity index is 1.90. The van der Waals surface area contributed by atoms with Crippen LogP contribution in [0.25, 0.3) is 10.9 Å². The number of fused-ring (bicyclic) bond motifs is 1. The van der Waals surface area contributed by atoms with Gasteiger partial charge in [-0.25, -0.2) is 8.42 Å². The first-order valence-electron chi connectivity index (χ1n) is 10.3. The molecule has 1 amide bonds. The lowest BCUT2D eigenvalue weighted by Gasteiger charge is -2.10. The molecular weight excluding hydrogens is 414 g/mol. The maximum Gasteiger partial charge on any atom is 0.261 e. The minimum Gasteiger partial charge on any atom is -0.360 e. The Morgan fingerprint density at radius 2 is 1.81 bits per heavy atom. The first kappa shape index (κ1) is 22.6.